The number of carbonyl (C=O) groups is 2. The molecule has 1 heterocycles. The van der Waals surface area contributed by atoms with Crippen molar-refractivity contribution in [3.8, 4) is 5.75 Å². The highest BCUT2D eigenvalue weighted by atomic mass is 79.9. The number of halogens is 2. The average molecular weight is 348 g/mol. The van der Waals surface area contributed by atoms with Gasteiger partial charge in [0.2, 0.25) is 0 Å². The number of hydrogen-bond donors (Lipinski definition) is 2. The zero-order valence-corrected chi connectivity index (χ0v) is 11.7. The Hall–Kier alpha value is -1.83. The summed E-state index contributed by atoms with van der Waals surface area (Å²) in [5.41, 5.74) is 0. The molecular formula is C12H11BrFNO5. The normalized spacial score (nSPS) is 21.8. The highest BCUT2D eigenvalue weighted by molar-refractivity contribution is 9.10. The first kappa shape index (κ1) is 14.6. The van der Waals surface area contributed by atoms with Gasteiger partial charge in [0.25, 0.3) is 0 Å². The molecule has 108 valence electrons. The van der Waals surface area contributed by atoms with E-state index in [2.05, 4.69) is 15.9 Å². The Bertz CT molecular complexity index is 510. The van der Waals surface area contributed by atoms with Crippen LogP contribution < -0.4 is 4.74 Å². The number of amides is 1. The predicted molar refractivity (Wildman–Crippen MR) is 69.3 cm³/mol. The first-order valence-electron chi connectivity index (χ1n) is 5.72. The second-order valence-corrected chi connectivity index (χ2v) is 5.29. The number of hydrogen-bond acceptors (Lipinski definition) is 3. The van der Waals surface area contributed by atoms with Gasteiger partial charge < -0.3 is 14.9 Å². The van der Waals surface area contributed by atoms with Gasteiger partial charge in [0.1, 0.15) is 23.7 Å². The molecule has 1 fully saturated rings. The molecule has 1 aliphatic heterocycles. The maximum atomic E-state index is 13.2. The SMILES string of the molecule is O=C(O)[C@@H]1C[C@H](Oc2cc(F)cc(Br)c2)CN1C(=O)O. The third-order valence-electron chi connectivity index (χ3n) is 2.93. The molecule has 6 nitrogen and oxygen atoms in total. The van der Waals surface area contributed by atoms with E-state index in [1.165, 1.54) is 12.1 Å². The standard InChI is InChI=1S/C12H11BrFNO5/c13-6-1-7(14)3-8(2-6)20-9-4-10(11(16)17)15(5-9)12(18)19/h1-3,9-10H,4-5H2,(H,16,17)(H,18,19)/t9-,10-/m0/s1. The van der Waals surface area contributed by atoms with E-state index in [0.717, 1.165) is 11.0 Å². The first-order chi connectivity index (χ1) is 9.36. The van der Waals surface area contributed by atoms with Crippen LogP contribution in [0.3, 0.4) is 0 Å². The molecule has 0 spiro atoms. The maximum Gasteiger partial charge on any atom is 0.408 e. The fraction of sp³-hybridized carbons (Fsp3) is 0.333. The summed E-state index contributed by atoms with van der Waals surface area (Å²) in [5.74, 6) is -1.51. The van der Waals surface area contributed by atoms with Crippen LogP contribution in [0.2, 0.25) is 0 Å². The van der Waals surface area contributed by atoms with Crippen molar-refractivity contribution < 1.29 is 28.9 Å². The minimum absolute atomic E-state index is 0.0236. The van der Waals surface area contributed by atoms with Crippen molar-refractivity contribution in [1.82, 2.24) is 4.90 Å². The van der Waals surface area contributed by atoms with Gasteiger partial charge in [-0.2, -0.15) is 0 Å². The Kier molecular flexibility index (Phi) is 4.12. The molecule has 0 aromatic heterocycles. The van der Waals surface area contributed by atoms with Crippen molar-refractivity contribution >= 4 is 28.0 Å². The number of benzene rings is 1. The molecule has 2 N–H and O–H groups in total. The fourth-order valence-corrected chi connectivity index (χ4v) is 2.56. The van der Waals surface area contributed by atoms with E-state index >= 15 is 0 Å². The van der Waals surface area contributed by atoms with Crippen molar-refractivity contribution in [2.75, 3.05) is 6.54 Å². The van der Waals surface area contributed by atoms with Crippen LogP contribution in [0.5, 0.6) is 5.75 Å². The van der Waals surface area contributed by atoms with Crippen LogP contribution in [-0.4, -0.2) is 45.9 Å². The van der Waals surface area contributed by atoms with E-state index in [4.69, 9.17) is 14.9 Å². The van der Waals surface area contributed by atoms with Gasteiger partial charge in [-0.25, -0.2) is 14.0 Å². The molecule has 0 saturated carbocycles. The van der Waals surface area contributed by atoms with E-state index < -0.39 is 30.0 Å². The minimum Gasteiger partial charge on any atom is -0.488 e. The summed E-state index contributed by atoms with van der Waals surface area (Å²) in [7, 11) is 0. The third-order valence-corrected chi connectivity index (χ3v) is 3.39. The van der Waals surface area contributed by atoms with Gasteiger partial charge >= 0.3 is 12.1 Å². The molecule has 0 unspecified atom stereocenters. The van der Waals surface area contributed by atoms with E-state index in [9.17, 15) is 14.0 Å². The molecule has 0 radical (unpaired) electrons. The summed E-state index contributed by atoms with van der Waals surface area (Å²) in [6.45, 7) is -0.0690. The summed E-state index contributed by atoms with van der Waals surface area (Å²) in [5, 5.41) is 17.9. The zero-order valence-electron chi connectivity index (χ0n) is 10.1. The summed E-state index contributed by atoms with van der Waals surface area (Å²) in [4.78, 5) is 22.8. The smallest absolute Gasteiger partial charge is 0.408 e. The molecule has 20 heavy (non-hydrogen) atoms. The van der Waals surface area contributed by atoms with Crippen LogP contribution in [0.4, 0.5) is 9.18 Å². The number of ether oxygens (including phenoxy) is 1. The highest BCUT2D eigenvalue weighted by Crippen LogP contribution is 2.26. The van der Waals surface area contributed by atoms with Gasteiger partial charge in [-0.3, -0.25) is 4.90 Å². The second-order valence-electron chi connectivity index (χ2n) is 4.37. The summed E-state index contributed by atoms with van der Waals surface area (Å²) >= 11 is 3.11. The highest BCUT2D eigenvalue weighted by Gasteiger charge is 2.41. The second kappa shape index (κ2) is 5.66. The lowest BCUT2D eigenvalue weighted by atomic mass is 10.2. The van der Waals surface area contributed by atoms with Crippen LogP contribution >= 0.6 is 15.9 Å². The van der Waals surface area contributed by atoms with Crippen LogP contribution in [-0.2, 0) is 4.79 Å². The number of nitrogens with zero attached hydrogens (tertiary/aromatic N) is 1. The molecule has 0 aliphatic carbocycles. The summed E-state index contributed by atoms with van der Waals surface area (Å²) < 4.78 is 19.1. The predicted octanol–water partition coefficient (Wildman–Crippen LogP) is 2.17. The molecule has 1 saturated heterocycles. The van der Waals surface area contributed by atoms with Crippen LogP contribution in [0.25, 0.3) is 0 Å². The number of likely N-dealkylation sites (tertiary alicyclic amines) is 1. The molecule has 0 bridgehead atoms. The monoisotopic (exact) mass is 347 g/mol. The average Bonchev–Trinajstić information content (AvgIpc) is 2.71. The molecule has 2 rings (SSSR count). The number of rotatable bonds is 3. The van der Waals surface area contributed by atoms with Crippen molar-refractivity contribution in [3.05, 3.63) is 28.5 Å². The molecule has 2 atom stereocenters. The van der Waals surface area contributed by atoms with Crippen LogP contribution in [0.1, 0.15) is 6.42 Å². The van der Waals surface area contributed by atoms with Crippen LogP contribution in [0, 0.1) is 5.82 Å². The van der Waals surface area contributed by atoms with Gasteiger partial charge in [0.15, 0.2) is 0 Å². The van der Waals surface area contributed by atoms with Gasteiger partial charge in [-0.05, 0) is 12.1 Å². The van der Waals surface area contributed by atoms with Crippen molar-refractivity contribution in [2.45, 2.75) is 18.6 Å². The van der Waals surface area contributed by atoms with Gasteiger partial charge in [0.05, 0.1) is 6.54 Å². The molecule has 8 heteroatoms. The van der Waals surface area contributed by atoms with E-state index in [0.29, 0.717) is 4.47 Å². The fourth-order valence-electron chi connectivity index (χ4n) is 2.12. The Balaban J connectivity index is 2.11. The lowest BCUT2D eigenvalue weighted by Crippen LogP contribution is -2.39. The van der Waals surface area contributed by atoms with Crippen molar-refractivity contribution in [1.29, 1.82) is 0 Å². The molecule has 1 aromatic carbocycles. The molecule has 1 aromatic rings. The molecular weight excluding hydrogens is 337 g/mol. The van der Waals surface area contributed by atoms with Gasteiger partial charge in [0, 0.05) is 17.0 Å². The topological polar surface area (TPSA) is 87.1 Å². The molecule has 1 aliphatic rings. The quantitative estimate of drug-likeness (QED) is 0.874. The Morgan fingerprint density at radius 3 is 2.55 bits per heavy atom. The van der Waals surface area contributed by atoms with E-state index in [1.807, 2.05) is 0 Å². The van der Waals surface area contributed by atoms with Crippen molar-refractivity contribution in [3.63, 3.8) is 0 Å². The van der Waals surface area contributed by atoms with Gasteiger partial charge in [-0.15, -0.1) is 0 Å². The Labute approximate surface area is 121 Å². The number of aliphatic carboxylic acids is 1. The van der Waals surface area contributed by atoms with E-state index in [-0.39, 0.29) is 18.7 Å². The summed E-state index contributed by atoms with van der Waals surface area (Å²) in [6.07, 6.45) is -1.92. The van der Waals surface area contributed by atoms with Crippen molar-refractivity contribution in [2.24, 2.45) is 0 Å². The Morgan fingerprint density at radius 1 is 1.35 bits per heavy atom. The number of carboxylic acids is 1. The maximum absolute atomic E-state index is 13.2. The largest absolute Gasteiger partial charge is 0.488 e. The lowest BCUT2D eigenvalue weighted by Gasteiger charge is -2.16. The summed E-state index contributed by atoms with van der Waals surface area (Å²) in [6, 6.07) is 2.80. The lowest BCUT2D eigenvalue weighted by molar-refractivity contribution is -0.141. The minimum atomic E-state index is -1.32. The zero-order chi connectivity index (χ0) is 14.9. The third kappa shape index (κ3) is 3.19. The first-order valence-corrected chi connectivity index (χ1v) is 6.51. The van der Waals surface area contributed by atoms with E-state index in [1.54, 1.807) is 0 Å². The van der Waals surface area contributed by atoms with Crippen LogP contribution in [0.15, 0.2) is 22.7 Å². The Morgan fingerprint density at radius 2 is 2.05 bits per heavy atom. The molecule has 1 amide bonds. The van der Waals surface area contributed by atoms with Gasteiger partial charge in [-0.1, -0.05) is 15.9 Å². The number of carboxylic acid groups (broad SMARTS) is 2.